The van der Waals surface area contributed by atoms with Gasteiger partial charge in [0.2, 0.25) is 0 Å². The lowest BCUT2D eigenvalue weighted by molar-refractivity contribution is 0.0926. The predicted molar refractivity (Wildman–Crippen MR) is 95.2 cm³/mol. The van der Waals surface area contributed by atoms with Crippen LogP contribution in [0, 0.1) is 12.8 Å². The van der Waals surface area contributed by atoms with E-state index in [9.17, 15) is 4.79 Å². The smallest absolute Gasteiger partial charge is 0.268 e. The van der Waals surface area contributed by atoms with Crippen LogP contribution in [0.5, 0.6) is 0 Å². The van der Waals surface area contributed by atoms with Crippen LogP contribution in [0.4, 0.5) is 0 Å². The highest BCUT2D eigenvalue weighted by Crippen LogP contribution is 2.42. The number of rotatable bonds is 4. The van der Waals surface area contributed by atoms with Crippen molar-refractivity contribution in [3.8, 4) is 0 Å². The number of carbonyl (C=O) groups excluding carboxylic acids is 1. The lowest BCUT2D eigenvalue weighted by atomic mass is 10.1. The number of hydrogen-bond acceptors (Lipinski definition) is 2. The molecule has 0 bridgehead atoms. The number of halogens is 1. The summed E-state index contributed by atoms with van der Waals surface area (Å²) in [5.41, 5.74) is 3.44. The van der Waals surface area contributed by atoms with Crippen molar-refractivity contribution in [1.29, 1.82) is 0 Å². The Morgan fingerprint density at radius 3 is 2.88 bits per heavy atom. The van der Waals surface area contributed by atoms with Crippen molar-refractivity contribution in [3.63, 3.8) is 0 Å². The number of para-hydroxylation sites is 1. The Bertz CT molecular complexity index is 914. The molecule has 1 atom stereocenters. The number of hydrogen-bond donors (Lipinski definition) is 2. The molecule has 0 saturated heterocycles. The van der Waals surface area contributed by atoms with Crippen LogP contribution in [0.15, 0.2) is 42.6 Å². The number of fused-ring (bicyclic) bond motifs is 1. The number of aromatic amines is 1. The van der Waals surface area contributed by atoms with Gasteiger partial charge in [-0.15, -0.1) is 0 Å². The number of aryl methyl sites for hydroxylation is 1. The second kappa shape index (κ2) is 5.95. The first-order valence-corrected chi connectivity index (χ1v) is 8.51. The van der Waals surface area contributed by atoms with Crippen molar-refractivity contribution in [2.75, 3.05) is 0 Å². The highest BCUT2D eigenvalue weighted by Gasteiger charge is 2.35. The topological polar surface area (TPSA) is 57.8 Å². The Labute approximate surface area is 145 Å². The predicted octanol–water partition coefficient (Wildman–Crippen LogP) is 4.41. The molecule has 1 saturated carbocycles. The zero-order valence-corrected chi connectivity index (χ0v) is 14.1. The minimum atomic E-state index is -0.140. The van der Waals surface area contributed by atoms with E-state index in [0.717, 1.165) is 35.0 Å². The Hall–Kier alpha value is -2.33. The van der Waals surface area contributed by atoms with Gasteiger partial charge in [-0.2, -0.15) is 0 Å². The van der Waals surface area contributed by atoms with E-state index in [1.807, 2.05) is 37.3 Å². The summed E-state index contributed by atoms with van der Waals surface area (Å²) in [5.74, 6) is 0.289. The Kier molecular flexibility index (Phi) is 3.77. The summed E-state index contributed by atoms with van der Waals surface area (Å²) in [6.45, 7) is 2.03. The number of aromatic nitrogens is 2. The monoisotopic (exact) mass is 339 g/mol. The molecule has 1 amide bonds. The van der Waals surface area contributed by atoms with Crippen molar-refractivity contribution >= 4 is 28.4 Å². The number of carbonyl (C=O) groups is 1. The van der Waals surface area contributed by atoms with Gasteiger partial charge in [0.15, 0.2) is 0 Å². The summed E-state index contributed by atoms with van der Waals surface area (Å²) in [5, 5.41) is 4.76. The Morgan fingerprint density at radius 2 is 2.17 bits per heavy atom. The van der Waals surface area contributed by atoms with Crippen LogP contribution in [0.25, 0.3) is 10.9 Å². The van der Waals surface area contributed by atoms with Gasteiger partial charge in [-0.05, 0) is 49.4 Å². The van der Waals surface area contributed by atoms with Gasteiger partial charge < -0.3 is 10.3 Å². The number of pyridine rings is 1. The average Bonchev–Trinajstić information content (AvgIpc) is 3.31. The van der Waals surface area contributed by atoms with E-state index in [-0.39, 0.29) is 11.9 Å². The molecule has 2 aromatic heterocycles. The third-order valence-corrected chi connectivity index (χ3v) is 4.89. The molecule has 1 fully saturated rings. The number of amides is 1. The van der Waals surface area contributed by atoms with Crippen LogP contribution >= 0.6 is 11.6 Å². The van der Waals surface area contributed by atoms with Crippen LogP contribution in [-0.4, -0.2) is 15.9 Å². The average molecular weight is 340 g/mol. The number of nitrogens with one attached hydrogen (secondary N) is 2. The maximum atomic E-state index is 12.7. The maximum Gasteiger partial charge on any atom is 0.268 e. The van der Waals surface area contributed by atoms with Gasteiger partial charge in [-0.25, -0.2) is 0 Å². The third-order valence-electron chi connectivity index (χ3n) is 4.57. The molecular weight excluding hydrogens is 322 g/mol. The summed E-state index contributed by atoms with van der Waals surface area (Å²) in [7, 11) is 0. The molecule has 122 valence electrons. The minimum Gasteiger partial charge on any atom is -0.350 e. The van der Waals surface area contributed by atoms with Crippen LogP contribution in [-0.2, 0) is 0 Å². The molecule has 2 heterocycles. The van der Waals surface area contributed by atoms with Crippen molar-refractivity contribution in [1.82, 2.24) is 15.3 Å². The van der Waals surface area contributed by atoms with E-state index in [1.165, 1.54) is 0 Å². The minimum absolute atomic E-state index is 0.121. The maximum absolute atomic E-state index is 12.7. The zero-order chi connectivity index (χ0) is 16.7. The van der Waals surface area contributed by atoms with Crippen molar-refractivity contribution in [3.05, 3.63) is 64.6 Å². The molecule has 5 heteroatoms. The van der Waals surface area contributed by atoms with Gasteiger partial charge in [0.25, 0.3) is 5.91 Å². The lowest BCUT2D eigenvalue weighted by Gasteiger charge is -2.18. The van der Waals surface area contributed by atoms with E-state index < -0.39 is 0 Å². The van der Waals surface area contributed by atoms with Crippen LogP contribution in [0.3, 0.4) is 0 Å². The van der Waals surface area contributed by atoms with Crippen molar-refractivity contribution in [2.24, 2.45) is 5.92 Å². The van der Waals surface area contributed by atoms with Gasteiger partial charge in [0.05, 0.1) is 16.8 Å². The van der Waals surface area contributed by atoms with Gasteiger partial charge in [0.1, 0.15) is 5.69 Å². The lowest BCUT2D eigenvalue weighted by Crippen LogP contribution is -2.30. The summed E-state index contributed by atoms with van der Waals surface area (Å²) < 4.78 is 0. The second-order valence-corrected chi connectivity index (χ2v) is 6.79. The molecule has 24 heavy (non-hydrogen) atoms. The molecule has 0 spiro atoms. The SMILES string of the molecule is Cc1cccc2cc(C(=O)NC(c3ncccc3Cl)C3CC3)[nH]c12. The fraction of sp³-hybridized carbons (Fsp3) is 0.263. The highest BCUT2D eigenvalue weighted by atomic mass is 35.5. The molecule has 4 rings (SSSR count). The number of H-pyrrole nitrogens is 1. The number of benzene rings is 1. The molecule has 1 aliphatic carbocycles. The normalized spacial score (nSPS) is 15.4. The number of nitrogens with zero attached hydrogens (tertiary/aromatic N) is 1. The molecule has 1 aromatic carbocycles. The fourth-order valence-electron chi connectivity index (χ4n) is 3.11. The van der Waals surface area contributed by atoms with Crippen LogP contribution in [0.2, 0.25) is 5.02 Å². The first-order chi connectivity index (χ1) is 11.6. The first kappa shape index (κ1) is 15.2. The summed E-state index contributed by atoms with van der Waals surface area (Å²) in [6, 6.07) is 11.4. The van der Waals surface area contributed by atoms with Gasteiger partial charge in [0, 0.05) is 17.1 Å². The fourth-order valence-corrected chi connectivity index (χ4v) is 3.35. The molecule has 1 aliphatic rings. The highest BCUT2D eigenvalue weighted by molar-refractivity contribution is 6.31. The van der Waals surface area contributed by atoms with E-state index in [0.29, 0.717) is 16.6 Å². The zero-order valence-electron chi connectivity index (χ0n) is 13.3. The Balaban J connectivity index is 1.63. The summed E-state index contributed by atoms with van der Waals surface area (Å²) in [6.07, 6.45) is 3.89. The molecule has 3 aromatic rings. The van der Waals surface area contributed by atoms with E-state index >= 15 is 0 Å². The first-order valence-electron chi connectivity index (χ1n) is 8.13. The molecule has 0 radical (unpaired) electrons. The molecule has 1 unspecified atom stereocenters. The summed E-state index contributed by atoms with van der Waals surface area (Å²) >= 11 is 6.28. The largest absolute Gasteiger partial charge is 0.350 e. The third kappa shape index (κ3) is 2.78. The Morgan fingerprint density at radius 1 is 1.33 bits per heavy atom. The molecule has 0 aliphatic heterocycles. The standard InChI is InChI=1S/C19H18ClN3O/c1-11-4-2-5-13-10-15(22-16(11)13)19(24)23-17(12-7-8-12)18-14(20)6-3-9-21-18/h2-6,9-10,12,17,22H,7-8H2,1H3,(H,23,24). The quantitative estimate of drug-likeness (QED) is 0.740. The van der Waals surface area contributed by atoms with Crippen molar-refractivity contribution in [2.45, 2.75) is 25.8 Å². The van der Waals surface area contributed by atoms with Crippen molar-refractivity contribution < 1.29 is 4.79 Å². The van der Waals surface area contributed by atoms with Crippen LogP contribution in [0.1, 0.15) is 40.6 Å². The van der Waals surface area contributed by atoms with Crippen LogP contribution < -0.4 is 5.32 Å². The van der Waals surface area contributed by atoms with Gasteiger partial charge >= 0.3 is 0 Å². The van der Waals surface area contributed by atoms with E-state index in [4.69, 9.17) is 11.6 Å². The van der Waals surface area contributed by atoms with Gasteiger partial charge in [-0.1, -0.05) is 29.8 Å². The molecule has 2 N–H and O–H groups in total. The molecular formula is C19H18ClN3O. The van der Waals surface area contributed by atoms with E-state index in [1.54, 1.807) is 12.3 Å². The van der Waals surface area contributed by atoms with E-state index in [2.05, 4.69) is 15.3 Å². The second-order valence-electron chi connectivity index (χ2n) is 6.38. The van der Waals surface area contributed by atoms with Gasteiger partial charge in [-0.3, -0.25) is 9.78 Å². The molecule has 4 nitrogen and oxygen atoms in total. The summed E-state index contributed by atoms with van der Waals surface area (Å²) in [4.78, 5) is 20.4.